The van der Waals surface area contributed by atoms with Crippen molar-refractivity contribution in [1.29, 1.82) is 0 Å². The van der Waals surface area contributed by atoms with E-state index < -0.39 is 0 Å². The Balaban J connectivity index is 1.92. The molecule has 23 heavy (non-hydrogen) atoms. The second-order valence-corrected chi connectivity index (χ2v) is 5.24. The highest BCUT2D eigenvalue weighted by molar-refractivity contribution is 5.92. The van der Waals surface area contributed by atoms with Gasteiger partial charge in [-0.1, -0.05) is 31.2 Å². The van der Waals surface area contributed by atoms with E-state index in [0.717, 1.165) is 23.4 Å². The fraction of sp³-hybridized carbons (Fsp3) is 0.316. The van der Waals surface area contributed by atoms with Crippen LogP contribution in [0.15, 0.2) is 48.5 Å². The third-order valence-corrected chi connectivity index (χ3v) is 3.40. The maximum Gasteiger partial charge on any atom is 0.224 e. The van der Waals surface area contributed by atoms with Crippen molar-refractivity contribution in [3.05, 3.63) is 54.1 Å². The van der Waals surface area contributed by atoms with Gasteiger partial charge in [-0.15, -0.1) is 0 Å². The SMILES string of the molecule is CCCOc1ccccc1NC(=O)CCc1cccc(OC)c1. The van der Waals surface area contributed by atoms with Crippen molar-refractivity contribution in [1.82, 2.24) is 0 Å². The van der Waals surface area contributed by atoms with Crippen LogP contribution in [0.2, 0.25) is 0 Å². The Morgan fingerprint density at radius 3 is 2.74 bits per heavy atom. The van der Waals surface area contributed by atoms with E-state index >= 15 is 0 Å². The Morgan fingerprint density at radius 1 is 1.13 bits per heavy atom. The minimum absolute atomic E-state index is 0.0274. The summed E-state index contributed by atoms with van der Waals surface area (Å²) < 4.78 is 10.8. The van der Waals surface area contributed by atoms with Gasteiger partial charge < -0.3 is 14.8 Å². The summed E-state index contributed by atoms with van der Waals surface area (Å²) in [5.41, 5.74) is 1.80. The molecule has 0 saturated heterocycles. The van der Waals surface area contributed by atoms with Crippen LogP contribution in [0.4, 0.5) is 5.69 Å². The molecule has 4 heteroatoms. The number of carbonyl (C=O) groups is 1. The van der Waals surface area contributed by atoms with Gasteiger partial charge in [-0.2, -0.15) is 0 Å². The van der Waals surface area contributed by atoms with E-state index in [1.165, 1.54) is 0 Å². The Labute approximate surface area is 137 Å². The van der Waals surface area contributed by atoms with Crippen LogP contribution < -0.4 is 14.8 Å². The summed E-state index contributed by atoms with van der Waals surface area (Å²) in [4.78, 5) is 12.2. The maximum absolute atomic E-state index is 12.2. The van der Waals surface area contributed by atoms with Crippen LogP contribution in [0.3, 0.4) is 0 Å². The molecule has 0 bridgehead atoms. The predicted octanol–water partition coefficient (Wildman–Crippen LogP) is 4.06. The van der Waals surface area contributed by atoms with E-state index in [1.54, 1.807) is 7.11 Å². The van der Waals surface area contributed by atoms with Gasteiger partial charge in [0.15, 0.2) is 0 Å². The number of aryl methyl sites for hydroxylation is 1. The Kier molecular flexibility index (Phi) is 6.48. The number of carbonyl (C=O) groups excluding carboxylic acids is 1. The number of hydrogen-bond donors (Lipinski definition) is 1. The molecular weight excluding hydrogens is 290 g/mol. The van der Waals surface area contributed by atoms with Crippen LogP contribution in [0.5, 0.6) is 11.5 Å². The number of amides is 1. The molecule has 0 spiro atoms. The summed E-state index contributed by atoms with van der Waals surface area (Å²) in [6.45, 7) is 2.69. The monoisotopic (exact) mass is 313 g/mol. The largest absolute Gasteiger partial charge is 0.497 e. The average molecular weight is 313 g/mol. The van der Waals surface area contributed by atoms with Gasteiger partial charge in [-0.05, 0) is 42.7 Å². The van der Waals surface area contributed by atoms with Crippen molar-refractivity contribution < 1.29 is 14.3 Å². The molecule has 0 heterocycles. The van der Waals surface area contributed by atoms with Gasteiger partial charge in [0.05, 0.1) is 19.4 Å². The number of rotatable bonds is 8. The lowest BCUT2D eigenvalue weighted by Crippen LogP contribution is -2.13. The average Bonchev–Trinajstić information content (AvgIpc) is 2.59. The zero-order valence-corrected chi connectivity index (χ0v) is 13.7. The molecule has 0 fully saturated rings. The molecule has 0 aromatic heterocycles. The molecule has 0 radical (unpaired) electrons. The summed E-state index contributed by atoms with van der Waals surface area (Å²) in [7, 11) is 1.64. The first-order chi connectivity index (χ1) is 11.2. The molecule has 0 atom stereocenters. The molecule has 2 aromatic carbocycles. The lowest BCUT2D eigenvalue weighted by molar-refractivity contribution is -0.116. The summed E-state index contributed by atoms with van der Waals surface area (Å²) >= 11 is 0. The molecule has 0 unspecified atom stereocenters. The van der Waals surface area contributed by atoms with Gasteiger partial charge in [-0.25, -0.2) is 0 Å². The van der Waals surface area contributed by atoms with Crippen LogP contribution in [0.25, 0.3) is 0 Å². The zero-order chi connectivity index (χ0) is 16.5. The van der Waals surface area contributed by atoms with Crippen LogP contribution in [0.1, 0.15) is 25.3 Å². The minimum atomic E-state index is -0.0274. The molecule has 0 saturated carbocycles. The zero-order valence-electron chi connectivity index (χ0n) is 13.7. The second kappa shape index (κ2) is 8.83. The van der Waals surface area contributed by atoms with Gasteiger partial charge in [0, 0.05) is 6.42 Å². The Bertz CT molecular complexity index is 640. The lowest BCUT2D eigenvalue weighted by atomic mass is 10.1. The van der Waals surface area contributed by atoms with E-state index in [-0.39, 0.29) is 5.91 Å². The molecular formula is C19H23NO3. The van der Waals surface area contributed by atoms with Crippen molar-refractivity contribution in [2.24, 2.45) is 0 Å². The molecule has 2 rings (SSSR count). The van der Waals surface area contributed by atoms with Crippen molar-refractivity contribution in [3.8, 4) is 11.5 Å². The Hall–Kier alpha value is -2.49. The first-order valence-electron chi connectivity index (χ1n) is 7.87. The summed E-state index contributed by atoms with van der Waals surface area (Å²) in [5, 5.41) is 2.92. The molecule has 0 aliphatic heterocycles. The van der Waals surface area contributed by atoms with E-state index in [1.807, 2.05) is 48.5 Å². The van der Waals surface area contributed by atoms with Gasteiger partial charge in [0.2, 0.25) is 5.91 Å². The number of para-hydroxylation sites is 2. The minimum Gasteiger partial charge on any atom is -0.497 e. The van der Waals surface area contributed by atoms with Gasteiger partial charge in [0.1, 0.15) is 11.5 Å². The normalized spacial score (nSPS) is 10.2. The third kappa shape index (κ3) is 5.33. The number of nitrogens with one attached hydrogen (secondary N) is 1. The topological polar surface area (TPSA) is 47.6 Å². The maximum atomic E-state index is 12.2. The number of anilines is 1. The lowest BCUT2D eigenvalue weighted by Gasteiger charge is -2.12. The molecule has 2 aromatic rings. The number of benzene rings is 2. The van der Waals surface area contributed by atoms with Crippen molar-refractivity contribution >= 4 is 11.6 Å². The number of methoxy groups -OCH3 is 1. The highest BCUT2D eigenvalue weighted by atomic mass is 16.5. The van der Waals surface area contributed by atoms with Gasteiger partial charge in [0.25, 0.3) is 0 Å². The first kappa shape index (κ1) is 16.9. The second-order valence-electron chi connectivity index (χ2n) is 5.24. The third-order valence-electron chi connectivity index (χ3n) is 3.40. The highest BCUT2D eigenvalue weighted by Gasteiger charge is 2.08. The fourth-order valence-corrected chi connectivity index (χ4v) is 2.21. The van der Waals surface area contributed by atoms with Crippen molar-refractivity contribution in [3.63, 3.8) is 0 Å². The fourth-order valence-electron chi connectivity index (χ4n) is 2.21. The van der Waals surface area contributed by atoms with E-state index in [2.05, 4.69) is 12.2 Å². The van der Waals surface area contributed by atoms with Gasteiger partial charge >= 0.3 is 0 Å². The van der Waals surface area contributed by atoms with Gasteiger partial charge in [-0.3, -0.25) is 4.79 Å². The molecule has 0 aliphatic rings. The highest BCUT2D eigenvalue weighted by Crippen LogP contribution is 2.24. The Morgan fingerprint density at radius 2 is 1.96 bits per heavy atom. The van der Waals surface area contributed by atoms with E-state index in [4.69, 9.17) is 9.47 Å². The molecule has 1 N–H and O–H groups in total. The van der Waals surface area contributed by atoms with E-state index in [9.17, 15) is 4.79 Å². The summed E-state index contributed by atoms with van der Waals surface area (Å²) in [6.07, 6.45) is 2.01. The van der Waals surface area contributed by atoms with Crippen molar-refractivity contribution in [2.45, 2.75) is 26.2 Å². The summed E-state index contributed by atoms with van der Waals surface area (Å²) in [6, 6.07) is 15.3. The summed E-state index contributed by atoms with van der Waals surface area (Å²) in [5.74, 6) is 1.49. The van der Waals surface area contributed by atoms with Crippen LogP contribution in [-0.2, 0) is 11.2 Å². The van der Waals surface area contributed by atoms with Crippen LogP contribution in [0, 0.1) is 0 Å². The van der Waals surface area contributed by atoms with E-state index in [0.29, 0.717) is 25.2 Å². The first-order valence-corrected chi connectivity index (χ1v) is 7.87. The number of ether oxygens (including phenoxy) is 2. The number of hydrogen-bond acceptors (Lipinski definition) is 3. The van der Waals surface area contributed by atoms with Crippen LogP contribution in [-0.4, -0.2) is 19.6 Å². The van der Waals surface area contributed by atoms with Crippen LogP contribution >= 0.6 is 0 Å². The quantitative estimate of drug-likeness (QED) is 0.799. The molecule has 122 valence electrons. The van der Waals surface area contributed by atoms with Crippen molar-refractivity contribution in [2.75, 3.05) is 19.0 Å². The smallest absolute Gasteiger partial charge is 0.224 e. The molecule has 1 amide bonds. The predicted molar refractivity (Wildman–Crippen MR) is 92.2 cm³/mol. The molecule has 4 nitrogen and oxygen atoms in total. The molecule has 0 aliphatic carbocycles. The standard InChI is InChI=1S/C19H23NO3/c1-3-13-23-18-10-5-4-9-17(18)20-19(21)12-11-15-7-6-8-16(14-15)22-2/h4-10,14H,3,11-13H2,1-2H3,(H,20,21).